The maximum atomic E-state index is 13.8. The van der Waals surface area contributed by atoms with Gasteiger partial charge < -0.3 is 37.1 Å². The van der Waals surface area contributed by atoms with Gasteiger partial charge in [0.2, 0.25) is 12.3 Å². The predicted molar refractivity (Wildman–Crippen MR) is 120 cm³/mol. The summed E-state index contributed by atoms with van der Waals surface area (Å²) in [6.45, 7) is 0.589. The highest BCUT2D eigenvalue weighted by atomic mass is 79.9. The Morgan fingerprint density at radius 3 is 2.41 bits per heavy atom. The van der Waals surface area contributed by atoms with Gasteiger partial charge >= 0.3 is 5.97 Å². The van der Waals surface area contributed by atoms with Gasteiger partial charge in [0.1, 0.15) is 6.26 Å². The van der Waals surface area contributed by atoms with Gasteiger partial charge in [-0.15, -0.1) is 0 Å². The van der Waals surface area contributed by atoms with Gasteiger partial charge in [-0.1, -0.05) is 54.8 Å². The molecule has 1 amide bonds. The number of benzene rings is 1. The van der Waals surface area contributed by atoms with Gasteiger partial charge in [0.25, 0.3) is 5.91 Å². The highest BCUT2D eigenvalue weighted by Gasteiger charge is 2.53. The van der Waals surface area contributed by atoms with Gasteiger partial charge in [-0.05, 0) is 31.2 Å². The first-order valence-electron chi connectivity index (χ1n) is 11.9. The maximum absolute atomic E-state index is 13.8. The Hall–Kier alpha value is -2.23. The number of quaternary nitrogens is 1. The van der Waals surface area contributed by atoms with E-state index >= 15 is 0 Å². The van der Waals surface area contributed by atoms with Crippen molar-refractivity contribution in [2.45, 2.75) is 69.2 Å². The first kappa shape index (κ1) is 26.4. The number of aliphatic hydroxyl groups is 1. The minimum Gasteiger partial charge on any atom is -1.00 e. The average Bonchev–Trinajstić information content (AvgIpc) is 3.35. The second kappa shape index (κ2) is 11.0. The number of hydrogen-bond acceptors (Lipinski definition) is 6. The van der Waals surface area contributed by atoms with Gasteiger partial charge in [-0.2, -0.15) is 0 Å². The number of likely N-dealkylation sites (N-methyl/N-ethyl adjacent to an activating group) is 1. The van der Waals surface area contributed by atoms with Crippen LogP contribution in [0.3, 0.4) is 0 Å². The van der Waals surface area contributed by atoms with Crippen molar-refractivity contribution in [2.75, 3.05) is 13.6 Å². The summed E-state index contributed by atoms with van der Waals surface area (Å²) >= 11 is 0. The SMILES string of the molecule is C[N+]1(C(C(N)=O)c2ccon2)CCCCC1OC(=O)C(O)(c1ccccc1)C1CCCCC1.[Br-]. The fourth-order valence-electron chi connectivity index (χ4n) is 5.73. The molecule has 3 N–H and O–H groups in total. The van der Waals surface area contributed by atoms with Crippen LogP contribution in [-0.2, 0) is 19.9 Å². The molecule has 1 aromatic heterocycles. The van der Waals surface area contributed by atoms with Gasteiger partial charge in [-0.3, -0.25) is 9.28 Å². The zero-order valence-corrected chi connectivity index (χ0v) is 21.2. The molecule has 9 heteroatoms. The standard InChI is InChI=1S/C25H33N3O5.BrH/c1-28(22(23(26)29)20-15-17-32-27-20)16-9-8-14-21(28)33-24(30)25(31,18-10-4-2-5-11-18)19-12-6-3-7-13-19;/h2,4-5,10-11,15,17,19,21-22,31H,3,6-9,12-14,16H2,1H3,(H-,26,29);1H. The molecule has 2 aliphatic rings. The predicted octanol–water partition coefficient (Wildman–Crippen LogP) is 0.173. The summed E-state index contributed by atoms with van der Waals surface area (Å²) in [4.78, 5) is 26.3. The largest absolute Gasteiger partial charge is 1.00 e. The number of ether oxygens (including phenoxy) is 1. The van der Waals surface area contributed by atoms with Crippen molar-refractivity contribution in [2.24, 2.45) is 11.7 Å². The molecule has 0 radical (unpaired) electrons. The number of carbonyl (C=O) groups is 2. The minimum atomic E-state index is -1.74. The molecule has 2 aromatic rings. The van der Waals surface area contributed by atoms with E-state index in [-0.39, 0.29) is 27.4 Å². The summed E-state index contributed by atoms with van der Waals surface area (Å²) in [6, 6.07) is 9.88. The molecule has 1 saturated carbocycles. The summed E-state index contributed by atoms with van der Waals surface area (Å²) in [5, 5.41) is 15.9. The van der Waals surface area contributed by atoms with Crippen LogP contribution in [0.1, 0.15) is 68.7 Å². The number of primary amides is 1. The molecule has 1 aliphatic carbocycles. The second-order valence-electron chi connectivity index (χ2n) is 9.62. The molecule has 2 fully saturated rings. The van der Waals surface area contributed by atoms with Gasteiger partial charge in [0.05, 0.1) is 13.6 Å². The number of carbonyl (C=O) groups excluding carboxylic acids is 2. The van der Waals surface area contributed by atoms with E-state index in [4.69, 9.17) is 15.0 Å². The topological polar surface area (TPSA) is 116 Å². The third-order valence-electron chi connectivity index (χ3n) is 7.56. The Morgan fingerprint density at radius 2 is 1.79 bits per heavy atom. The van der Waals surface area contributed by atoms with Crippen LogP contribution < -0.4 is 22.7 Å². The molecule has 4 unspecified atom stereocenters. The number of likely N-dealkylation sites (tertiary alicyclic amines) is 1. The smallest absolute Gasteiger partial charge is 0.347 e. The summed E-state index contributed by atoms with van der Waals surface area (Å²) < 4.78 is 11.2. The van der Waals surface area contributed by atoms with Crippen molar-refractivity contribution in [3.05, 3.63) is 53.9 Å². The number of piperidine rings is 1. The number of amides is 1. The Balaban J connectivity index is 0.00000324. The van der Waals surface area contributed by atoms with E-state index in [1.807, 2.05) is 25.2 Å². The number of nitrogens with two attached hydrogens (primary N) is 1. The lowest BCUT2D eigenvalue weighted by Gasteiger charge is -2.47. The molecule has 4 atom stereocenters. The zero-order valence-electron chi connectivity index (χ0n) is 19.6. The maximum Gasteiger partial charge on any atom is 0.347 e. The lowest BCUT2D eigenvalue weighted by atomic mass is 9.73. The fraction of sp³-hybridized carbons (Fsp3) is 0.560. The Labute approximate surface area is 210 Å². The Bertz CT molecular complexity index is 951. The van der Waals surface area contributed by atoms with Crippen LogP contribution in [0.2, 0.25) is 0 Å². The molecule has 186 valence electrons. The van der Waals surface area contributed by atoms with Crippen LogP contribution >= 0.6 is 0 Å². The molecule has 1 aliphatic heterocycles. The Kier molecular flexibility index (Phi) is 8.54. The van der Waals surface area contributed by atoms with E-state index in [1.165, 1.54) is 6.26 Å². The lowest BCUT2D eigenvalue weighted by Crippen LogP contribution is -3.00. The van der Waals surface area contributed by atoms with E-state index in [0.29, 0.717) is 24.2 Å². The molecule has 1 aromatic carbocycles. The monoisotopic (exact) mass is 535 g/mol. The zero-order chi connectivity index (χ0) is 23.5. The summed E-state index contributed by atoms with van der Waals surface area (Å²) in [7, 11) is 1.86. The number of aromatic nitrogens is 1. The highest BCUT2D eigenvalue weighted by Crippen LogP contribution is 2.42. The molecule has 2 heterocycles. The number of esters is 1. The number of rotatable bonds is 7. The van der Waals surface area contributed by atoms with Crippen LogP contribution in [-0.4, -0.2) is 46.4 Å². The number of halogens is 1. The molecular formula is C25H34BrN3O5. The van der Waals surface area contributed by atoms with Crippen LogP contribution in [0, 0.1) is 5.92 Å². The second-order valence-corrected chi connectivity index (χ2v) is 9.62. The average molecular weight is 536 g/mol. The van der Waals surface area contributed by atoms with Crippen LogP contribution in [0.4, 0.5) is 0 Å². The highest BCUT2D eigenvalue weighted by molar-refractivity contribution is 5.82. The first-order valence-corrected chi connectivity index (χ1v) is 11.9. The third kappa shape index (κ3) is 4.92. The molecule has 34 heavy (non-hydrogen) atoms. The molecule has 8 nitrogen and oxygen atoms in total. The van der Waals surface area contributed by atoms with E-state index in [9.17, 15) is 14.7 Å². The van der Waals surface area contributed by atoms with Crippen molar-refractivity contribution in [3.63, 3.8) is 0 Å². The number of nitrogens with zero attached hydrogens (tertiary/aromatic N) is 2. The molecule has 0 spiro atoms. The lowest BCUT2D eigenvalue weighted by molar-refractivity contribution is -0.976. The summed E-state index contributed by atoms with van der Waals surface area (Å²) in [5.41, 5.74) is 5.03. The van der Waals surface area contributed by atoms with Gasteiger partial charge in [-0.25, -0.2) is 4.79 Å². The van der Waals surface area contributed by atoms with Gasteiger partial charge in [0.15, 0.2) is 11.3 Å². The number of hydrogen-bond donors (Lipinski definition) is 2. The molecule has 4 rings (SSSR count). The van der Waals surface area contributed by atoms with Crippen molar-refractivity contribution in [1.29, 1.82) is 0 Å². The summed E-state index contributed by atoms with van der Waals surface area (Å²) in [6.07, 6.45) is 7.62. The van der Waals surface area contributed by atoms with Crippen LogP contribution in [0.25, 0.3) is 0 Å². The van der Waals surface area contributed by atoms with E-state index in [2.05, 4.69) is 5.16 Å². The van der Waals surface area contributed by atoms with Crippen LogP contribution in [0.5, 0.6) is 0 Å². The van der Waals surface area contributed by atoms with Crippen LogP contribution in [0.15, 0.2) is 47.2 Å². The first-order chi connectivity index (χ1) is 15.9. The Morgan fingerprint density at radius 1 is 1.12 bits per heavy atom. The molecule has 0 bridgehead atoms. The van der Waals surface area contributed by atoms with E-state index in [0.717, 1.165) is 44.9 Å². The molecular weight excluding hydrogens is 502 g/mol. The minimum absolute atomic E-state index is 0. The molecule has 1 saturated heterocycles. The van der Waals surface area contributed by atoms with E-state index < -0.39 is 29.7 Å². The fourth-order valence-corrected chi connectivity index (χ4v) is 5.73. The van der Waals surface area contributed by atoms with E-state index in [1.54, 1.807) is 18.2 Å². The normalized spacial score (nSPS) is 26.0. The van der Waals surface area contributed by atoms with Crippen molar-refractivity contribution < 1.29 is 45.4 Å². The van der Waals surface area contributed by atoms with Crippen molar-refractivity contribution in [3.8, 4) is 0 Å². The van der Waals surface area contributed by atoms with Gasteiger partial charge in [0, 0.05) is 18.4 Å². The quantitative estimate of drug-likeness (QED) is 0.385. The van der Waals surface area contributed by atoms with Crippen molar-refractivity contribution >= 4 is 11.9 Å². The third-order valence-corrected chi connectivity index (χ3v) is 7.56. The van der Waals surface area contributed by atoms with Crippen molar-refractivity contribution in [1.82, 2.24) is 5.16 Å². The summed E-state index contributed by atoms with van der Waals surface area (Å²) in [5.74, 6) is -1.42.